The summed E-state index contributed by atoms with van der Waals surface area (Å²) < 4.78 is 0. The molecular formula is C16H18ClN3. The molecule has 1 fully saturated rings. The first-order chi connectivity index (χ1) is 9.81. The summed E-state index contributed by atoms with van der Waals surface area (Å²) in [6.45, 7) is 2.09. The number of nitrogens with one attached hydrogen (secondary N) is 1. The molecule has 0 spiro atoms. The lowest BCUT2D eigenvalue weighted by Crippen LogP contribution is -2.39. The van der Waals surface area contributed by atoms with Gasteiger partial charge in [0.05, 0.1) is 0 Å². The number of aromatic nitrogens is 1. The SMILES string of the molecule is Clc1cc(N2CCC(Nc3ccccc3)CC2)ccn1. The van der Waals surface area contributed by atoms with E-state index in [9.17, 15) is 0 Å². The molecule has 104 valence electrons. The molecule has 1 N–H and O–H groups in total. The van der Waals surface area contributed by atoms with Gasteiger partial charge in [0, 0.05) is 36.7 Å². The lowest BCUT2D eigenvalue weighted by atomic mass is 10.0. The van der Waals surface area contributed by atoms with Gasteiger partial charge in [-0.05, 0) is 37.1 Å². The Hall–Kier alpha value is -1.74. The molecule has 3 nitrogen and oxygen atoms in total. The summed E-state index contributed by atoms with van der Waals surface area (Å²) in [5.74, 6) is 0. The third kappa shape index (κ3) is 3.23. The van der Waals surface area contributed by atoms with Crippen LogP contribution in [0.4, 0.5) is 11.4 Å². The van der Waals surface area contributed by atoms with Crippen molar-refractivity contribution < 1.29 is 0 Å². The average molecular weight is 288 g/mol. The van der Waals surface area contributed by atoms with E-state index in [1.807, 2.05) is 18.2 Å². The van der Waals surface area contributed by atoms with Crippen molar-refractivity contribution in [1.82, 2.24) is 4.98 Å². The van der Waals surface area contributed by atoms with Crippen LogP contribution in [0.25, 0.3) is 0 Å². The highest BCUT2D eigenvalue weighted by Gasteiger charge is 2.19. The number of nitrogens with zero attached hydrogens (tertiary/aromatic N) is 2. The molecule has 0 atom stereocenters. The van der Waals surface area contributed by atoms with Gasteiger partial charge >= 0.3 is 0 Å². The van der Waals surface area contributed by atoms with Gasteiger partial charge in [0.15, 0.2) is 0 Å². The van der Waals surface area contributed by atoms with Crippen molar-refractivity contribution >= 4 is 23.0 Å². The molecule has 1 aliphatic heterocycles. The standard InChI is InChI=1S/C16H18ClN3/c17-16-12-15(6-9-18-16)20-10-7-14(8-11-20)19-13-4-2-1-3-5-13/h1-6,9,12,14,19H,7-8,10-11H2. The minimum atomic E-state index is 0.547. The van der Waals surface area contributed by atoms with Crippen LogP contribution in [0.5, 0.6) is 0 Å². The van der Waals surface area contributed by atoms with E-state index >= 15 is 0 Å². The minimum Gasteiger partial charge on any atom is -0.382 e. The summed E-state index contributed by atoms with van der Waals surface area (Å²) in [6.07, 6.45) is 4.04. The normalized spacial score (nSPS) is 16.1. The molecule has 20 heavy (non-hydrogen) atoms. The predicted octanol–water partition coefficient (Wildman–Crippen LogP) is 3.82. The van der Waals surface area contributed by atoms with Crippen molar-refractivity contribution in [3.8, 4) is 0 Å². The van der Waals surface area contributed by atoms with E-state index in [1.54, 1.807) is 6.20 Å². The van der Waals surface area contributed by atoms with Gasteiger partial charge in [-0.1, -0.05) is 29.8 Å². The molecule has 1 aliphatic rings. The van der Waals surface area contributed by atoms with Crippen molar-refractivity contribution in [3.63, 3.8) is 0 Å². The van der Waals surface area contributed by atoms with Crippen molar-refractivity contribution in [2.75, 3.05) is 23.3 Å². The number of rotatable bonds is 3. The number of hydrogen-bond acceptors (Lipinski definition) is 3. The Bertz CT molecular complexity index is 551. The Kier molecular flexibility index (Phi) is 4.07. The molecule has 2 aromatic rings. The summed E-state index contributed by atoms with van der Waals surface area (Å²) >= 11 is 5.95. The fourth-order valence-electron chi connectivity index (χ4n) is 2.64. The fraction of sp³-hybridized carbons (Fsp3) is 0.312. The molecule has 1 aromatic carbocycles. The zero-order chi connectivity index (χ0) is 13.8. The zero-order valence-electron chi connectivity index (χ0n) is 11.3. The molecule has 3 rings (SSSR count). The molecule has 2 heterocycles. The lowest BCUT2D eigenvalue weighted by Gasteiger charge is -2.34. The van der Waals surface area contributed by atoms with E-state index < -0.39 is 0 Å². The number of halogens is 1. The van der Waals surface area contributed by atoms with Gasteiger partial charge in [0.25, 0.3) is 0 Å². The van der Waals surface area contributed by atoms with Crippen molar-refractivity contribution in [2.24, 2.45) is 0 Å². The Morgan fingerprint density at radius 1 is 1.10 bits per heavy atom. The maximum Gasteiger partial charge on any atom is 0.131 e. The van der Waals surface area contributed by atoms with Gasteiger partial charge in [-0.3, -0.25) is 0 Å². The second kappa shape index (κ2) is 6.14. The second-order valence-electron chi connectivity index (χ2n) is 5.11. The molecule has 0 bridgehead atoms. The number of piperidine rings is 1. The Morgan fingerprint density at radius 3 is 2.55 bits per heavy atom. The summed E-state index contributed by atoms with van der Waals surface area (Å²) in [7, 11) is 0. The van der Waals surface area contributed by atoms with Crippen LogP contribution < -0.4 is 10.2 Å². The van der Waals surface area contributed by atoms with Crippen molar-refractivity contribution in [3.05, 3.63) is 53.8 Å². The zero-order valence-corrected chi connectivity index (χ0v) is 12.1. The largest absolute Gasteiger partial charge is 0.382 e. The van der Waals surface area contributed by atoms with Crippen LogP contribution in [-0.2, 0) is 0 Å². The van der Waals surface area contributed by atoms with Gasteiger partial charge in [-0.2, -0.15) is 0 Å². The first kappa shape index (κ1) is 13.3. The Morgan fingerprint density at radius 2 is 1.85 bits per heavy atom. The average Bonchev–Trinajstić information content (AvgIpc) is 2.49. The van der Waals surface area contributed by atoms with Crippen LogP contribution in [-0.4, -0.2) is 24.1 Å². The maximum atomic E-state index is 5.95. The second-order valence-corrected chi connectivity index (χ2v) is 5.50. The van der Waals surface area contributed by atoms with Crippen LogP contribution in [0.2, 0.25) is 5.15 Å². The highest BCUT2D eigenvalue weighted by molar-refractivity contribution is 6.29. The molecule has 0 amide bonds. The summed E-state index contributed by atoms with van der Waals surface area (Å²) in [5, 5.41) is 4.16. The molecule has 0 saturated carbocycles. The third-order valence-electron chi connectivity index (χ3n) is 3.71. The monoisotopic (exact) mass is 287 g/mol. The summed E-state index contributed by atoms with van der Waals surface area (Å²) in [6, 6.07) is 14.9. The van der Waals surface area contributed by atoms with E-state index in [2.05, 4.69) is 39.5 Å². The van der Waals surface area contributed by atoms with Crippen LogP contribution in [0.15, 0.2) is 48.7 Å². The van der Waals surface area contributed by atoms with Crippen LogP contribution in [0, 0.1) is 0 Å². The van der Waals surface area contributed by atoms with Crippen LogP contribution in [0.3, 0.4) is 0 Å². The highest BCUT2D eigenvalue weighted by Crippen LogP contribution is 2.23. The molecule has 1 saturated heterocycles. The molecule has 0 radical (unpaired) electrons. The molecule has 0 unspecified atom stereocenters. The van der Waals surface area contributed by atoms with Gasteiger partial charge in [-0.15, -0.1) is 0 Å². The summed E-state index contributed by atoms with van der Waals surface area (Å²) in [5.41, 5.74) is 2.38. The van der Waals surface area contributed by atoms with Crippen molar-refractivity contribution in [2.45, 2.75) is 18.9 Å². The third-order valence-corrected chi connectivity index (χ3v) is 3.92. The molecular weight excluding hydrogens is 270 g/mol. The van der Waals surface area contributed by atoms with E-state index in [4.69, 9.17) is 11.6 Å². The van der Waals surface area contributed by atoms with Gasteiger partial charge in [0.1, 0.15) is 5.15 Å². The molecule has 1 aromatic heterocycles. The van der Waals surface area contributed by atoms with Gasteiger partial charge in [-0.25, -0.2) is 4.98 Å². The Labute approximate surface area is 124 Å². The Balaban J connectivity index is 1.57. The van der Waals surface area contributed by atoms with Crippen LogP contribution in [0.1, 0.15) is 12.8 Å². The van der Waals surface area contributed by atoms with E-state index in [1.165, 1.54) is 11.4 Å². The molecule has 4 heteroatoms. The number of hydrogen-bond donors (Lipinski definition) is 1. The predicted molar refractivity (Wildman–Crippen MR) is 84.5 cm³/mol. The number of pyridine rings is 1. The quantitative estimate of drug-likeness (QED) is 0.870. The number of anilines is 2. The fourth-order valence-corrected chi connectivity index (χ4v) is 2.81. The van der Waals surface area contributed by atoms with E-state index in [0.717, 1.165) is 25.9 Å². The maximum absolute atomic E-state index is 5.95. The van der Waals surface area contributed by atoms with E-state index in [-0.39, 0.29) is 0 Å². The topological polar surface area (TPSA) is 28.2 Å². The smallest absolute Gasteiger partial charge is 0.131 e. The number of para-hydroxylation sites is 1. The lowest BCUT2D eigenvalue weighted by molar-refractivity contribution is 0.526. The van der Waals surface area contributed by atoms with Gasteiger partial charge < -0.3 is 10.2 Å². The van der Waals surface area contributed by atoms with Crippen molar-refractivity contribution in [1.29, 1.82) is 0 Å². The summed E-state index contributed by atoms with van der Waals surface area (Å²) in [4.78, 5) is 6.40. The highest BCUT2D eigenvalue weighted by atomic mass is 35.5. The first-order valence-electron chi connectivity index (χ1n) is 6.99. The molecule has 0 aliphatic carbocycles. The number of benzene rings is 1. The van der Waals surface area contributed by atoms with Gasteiger partial charge in [0.2, 0.25) is 0 Å². The minimum absolute atomic E-state index is 0.547. The van der Waals surface area contributed by atoms with Crippen LogP contribution >= 0.6 is 11.6 Å². The van der Waals surface area contributed by atoms with E-state index in [0.29, 0.717) is 11.2 Å². The first-order valence-corrected chi connectivity index (χ1v) is 7.37.